The van der Waals surface area contributed by atoms with Gasteiger partial charge in [-0.1, -0.05) is 41.9 Å². The number of aliphatic imine (C=N–C) groups is 1. The molecule has 2 heterocycles. The predicted octanol–water partition coefficient (Wildman–Crippen LogP) is 2.88. The van der Waals surface area contributed by atoms with Crippen LogP contribution in [0.1, 0.15) is 37.4 Å². The van der Waals surface area contributed by atoms with Crippen molar-refractivity contribution in [3.8, 4) is 0 Å². The molecule has 1 aromatic carbocycles. The fourth-order valence-electron chi connectivity index (χ4n) is 4.25. The Labute approximate surface area is 167 Å². The second-order valence-corrected chi connectivity index (χ2v) is 7.92. The van der Waals surface area contributed by atoms with Gasteiger partial charge in [-0.2, -0.15) is 0 Å². The van der Waals surface area contributed by atoms with E-state index in [-0.39, 0.29) is 5.41 Å². The molecule has 0 amide bonds. The number of guanidine groups is 1. The fraction of sp³-hybridized carbons (Fsp3) is 0.545. The van der Waals surface area contributed by atoms with Crippen LogP contribution in [0.4, 0.5) is 0 Å². The van der Waals surface area contributed by atoms with E-state index in [9.17, 15) is 0 Å². The molecule has 4 rings (SSSR count). The molecule has 0 atom stereocenters. The number of aromatic nitrogens is 1. The first-order valence-corrected chi connectivity index (χ1v) is 10.5. The maximum absolute atomic E-state index is 5.09. The lowest BCUT2D eigenvalue weighted by molar-refractivity contribution is 0.168. The number of benzene rings is 1. The average Bonchev–Trinajstić information content (AvgIpc) is 3.21. The SMILES string of the molecule is CCNC(=NCC1(c2ccccc2)CCC1)N1CCN(Cc2ccon2)CC1. The molecule has 6 heteroatoms. The highest BCUT2D eigenvalue weighted by molar-refractivity contribution is 5.80. The lowest BCUT2D eigenvalue weighted by atomic mass is 9.64. The lowest BCUT2D eigenvalue weighted by Gasteiger charge is -2.42. The van der Waals surface area contributed by atoms with Gasteiger partial charge in [0.2, 0.25) is 0 Å². The van der Waals surface area contributed by atoms with E-state index in [2.05, 4.69) is 57.5 Å². The maximum Gasteiger partial charge on any atom is 0.194 e. The van der Waals surface area contributed by atoms with Gasteiger partial charge in [0, 0.05) is 50.7 Å². The second kappa shape index (κ2) is 8.78. The Morgan fingerprint density at radius 3 is 2.54 bits per heavy atom. The van der Waals surface area contributed by atoms with Crippen LogP contribution in [0, 0.1) is 0 Å². The zero-order valence-electron chi connectivity index (χ0n) is 16.8. The summed E-state index contributed by atoms with van der Waals surface area (Å²) in [6, 6.07) is 12.9. The molecule has 1 saturated carbocycles. The molecule has 0 bridgehead atoms. The largest absolute Gasteiger partial charge is 0.364 e. The second-order valence-electron chi connectivity index (χ2n) is 7.92. The number of piperazine rings is 1. The monoisotopic (exact) mass is 381 g/mol. The van der Waals surface area contributed by atoms with Crippen molar-refractivity contribution in [2.45, 2.75) is 38.1 Å². The van der Waals surface area contributed by atoms with Crippen molar-refractivity contribution in [1.29, 1.82) is 0 Å². The molecule has 1 saturated heterocycles. The van der Waals surface area contributed by atoms with Crippen LogP contribution in [-0.4, -0.2) is 60.2 Å². The molecule has 0 radical (unpaired) electrons. The zero-order chi connectivity index (χ0) is 19.2. The van der Waals surface area contributed by atoms with Crippen molar-refractivity contribution in [2.24, 2.45) is 4.99 Å². The summed E-state index contributed by atoms with van der Waals surface area (Å²) in [7, 11) is 0. The fourth-order valence-corrected chi connectivity index (χ4v) is 4.25. The summed E-state index contributed by atoms with van der Waals surface area (Å²) in [5, 5.41) is 7.54. The van der Waals surface area contributed by atoms with Crippen molar-refractivity contribution in [3.05, 3.63) is 53.9 Å². The molecule has 2 aliphatic rings. The number of rotatable bonds is 6. The van der Waals surface area contributed by atoms with Crippen LogP contribution in [0.25, 0.3) is 0 Å². The first-order valence-electron chi connectivity index (χ1n) is 10.5. The minimum absolute atomic E-state index is 0.233. The molecule has 28 heavy (non-hydrogen) atoms. The van der Waals surface area contributed by atoms with Crippen LogP contribution in [0.15, 0.2) is 52.2 Å². The van der Waals surface area contributed by atoms with Crippen LogP contribution in [-0.2, 0) is 12.0 Å². The Morgan fingerprint density at radius 1 is 1.14 bits per heavy atom. The van der Waals surface area contributed by atoms with Crippen LogP contribution in [0.3, 0.4) is 0 Å². The molecule has 150 valence electrons. The van der Waals surface area contributed by atoms with E-state index in [1.165, 1.54) is 24.8 Å². The van der Waals surface area contributed by atoms with Gasteiger partial charge in [-0.3, -0.25) is 9.89 Å². The standard InChI is InChI=1S/C22H31N5O/c1-2-23-21(24-18-22(10-6-11-22)19-7-4-3-5-8-19)27-14-12-26(13-15-27)17-20-9-16-28-25-20/h3-5,7-9,16H,2,6,10-15,17-18H2,1H3,(H,23,24). The van der Waals surface area contributed by atoms with Gasteiger partial charge in [0.15, 0.2) is 5.96 Å². The van der Waals surface area contributed by atoms with E-state index in [1.54, 1.807) is 6.26 Å². The molecule has 0 unspecified atom stereocenters. The van der Waals surface area contributed by atoms with E-state index in [0.29, 0.717) is 0 Å². The van der Waals surface area contributed by atoms with Gasteiger partial charge in [-0.15, -0.1) is 0 Å². The lowest BCUT2D eigenvalue weighted by Crippen LogP contribution is -2.52. The third-order valence-electron chi connectivity index (χ3n) is 6.11. The summed E-state index contributed by atoms with van der Waals surface area (Å²) in [4.78, 5) is 9.92. The Morgan fingerprint density at radius 2 is 1.93 bits per heavy atom. The maximum atomic E-state index is 5.09. The molecular formula is C22H31N5O. The molecule has 1 aliphatic carbocycles. The van der Waals surface area contributed by atoms with Gasteiger partial charge in [0.1, 0.15) is 6.26 Å². The van der Waals surface area contributed by atoms with Gasteiger partial charge in [-0.05, 0) is 25.3 Å². The Balaban J connectivity index is 1.38. The molecule has 0 spiro atoms. The van der Waals surface area contributed by atoms with Crippen LogP contribution >= 0.6 is 0 Å². The van der Waals surface area contributed by atoms with Crippen LogP contribution < -0.4 is 5.32 Å². The smallest absolute Gasteiger partial charge is 0.194 e. The topological polar surface area (TPSA) is 56.9 Å². The summed E-state index contributed by atoms with van der Waals surface area (Å²) >= 11 is 0. The quantitative estimate of drug-likeness (QED) is 0.616. The minimum Gasteiger partial charge on any atom is -0.364 e. The van der Waals surface area contributed by atoms with E-state index in [1.807, 2.05) is 6.07 Å². The zero-order valence-corrected chi connectivity index (χ0v) is 16.8. The molecule has 2 aromatic rings. The number of hydrogen-bond donors (Lipinski definition) is 1. The number of nitrogens with zero attached hydrogens (tertiary/aromatic N) is 4. The first kappa shape index (κ1) is 19.0. The van der Waals surface area contributed by atoms with Crippen molar-refractivity contribution < 1.29 is 4.52 Å². The number of nitrogens with one attached hydrogen (secondary N) is 1. The number of hydrogen-bond acceptors (Lipinski definition) is 4. The Hall–Kier alpha value is -2.34. The van der Waals surface area contributed by atoms with Crippen molar-refractivity contribution >= 4 is 5.96 Å². The van der Waals surface area contributed by atoms with E-state index < -0.39 is 0 Å². The highest BCUT2D eigenvalue weighted by atomic mass is 16.5. The Bertz CT molecular complexity index is 746. The average molecular weight is 382 g/mol. The Kier molecular flexibility index (Phi) is 5.95. The van der Waals surface area contributed by atoms with Gasteiger partial charge >= 0.3 is 0 Å². The summed E-state index contributed by atoms with van der Waals surface area (Å²) < 4.78 is 4.95. The third-order valence-corrected chi connectivity index (χ3v) is 6.11. The highest BCUT2D eigenvalue weighted by Gasteiger charge is 2.38. The van der Waals surface area contributed by atoms with Crippen molar-refractivity contribution in [2.75, 3.05) is 39.3 Å². The summed E-state index contributed by atoms with van der Waals surface area (Å²) in [5.41, 5.74) is 2.68. The summed E-state index contributed by atoms with van der Waals surface area (Å²) in [5.74, 6) is 1.06. The molecule has 6 nitrogen and oxygen atoms in total. The first-order chi connectivity index (χ1) is 13.8. The van der Waals surface area contributed by atoms with E-state index >= 15 is 0 Å². The van der Waals surface area contributed by atoms with Crippen LogP contribution in [0.5, 0.6) is 0 Å². The van der Waals surface area contributed by atoms with E-state index in [4.69, 9.17) is 9.52 Å². The van der Waals surface area contributed by atoms with Crippen molar-refractivity contribution in [3.63, 3.8) is 0 Å². The highest BCUT2D eigenvalue weighted by Crippen LogP contribution is 2.43. The van der Waals surface area contributed by atoms with Gasteiger partial charge < -0.3 is 14.7 Å². The molecular weight excluding hydrogens is 350 g/mol. The minimum atomic E-state index is 0.233. The van der Waals surface area contributed by atoms with Crippen molar-refractivity contribution in [1.82, 2.24) is 20.3 Å². The molecule has 2 fully saturated rings. The van der Waals surface area contributed by atoms with Gasteiger partial charge in [0.25, 0.3) is 0 Å². The third kappa shape index (κ3) is 4.22. The summed E-state index contributed by atoms with van der Waals surface area (Å²) in [6.07, 6.45) is 5.43. The molecule has 1 aromatic heterocycles. The normalized spacial score (nSPS) is 20.0. The van der Waals surface area contributed by atoms with Gasteiger partial charge in [0.05, 0.1) is 12.2 Å². The molecule has 1 aliphatic heterocycles. The van der Waals surface area contributed by atoms with E-state index in [0.717, 1.165) is 57.5 Å². The summed E-state index contributed by atoms with van der Waals surface area (Å²) in [6.45, 7) is 8.78. The van der Waals surface area contributed by atoms with Gasteiger partial charge in [-0.25, -0.2) is 0 Å². The molecule has 1 N–H and O–H groups in total. The predicted molar refractivity (Wildman–Crippen MR) is 111 cm³/mol. The van der Waals surface area contributed by atoms with Crippen LogP contribution in [0.2, 0.25) is 0 Å².